The minimum absolute atomic E-state index is 0.00827. The van der Waals surface area contributed by atoms with Crippen LogP contribution in [0.3, 0.4) is 0 Å². The van der Waals surface area contributed by atoms with Crippen molar-refractivity contribution < 1.29 is 23.1 Å². The molecule has 0 unspecified atom stereocenters. The van der Waals surface area contributed by atoms with E-state index in [4.69, 9.17) is 4.74 Å². The summed E-state index contributed by atoms with van der Waals surface area (Å²) in [4.78, 5) is 29.5. The number of ether oxygens (including phenoxy) is 1. The molecule has 1 amide bonds. The summed E-state index contributed by atoms with van der Waals surface area (Å²) in [7, 11) is 0. The van der Waals surface area contributed by atoms with Gasteiger partial charge in [0.05, 0.1) is 13.0 Å². The van der Waals surface area contributed by atoms with E-state index in [1.165, 1.54) is 11.0 Å². The standard InChI is InChI=1S/C18H18F2N2O3/c1-2-25-17(23)7-10-22(12-13-5-8-21-9-6-13)18(24)14-3-4-15(19)16(20)11-14/h3-6,8-9,11H,2,7,10,12H2,1H3. The number of carbonyl (C=O) groups excluding carboxylic acids is 2. The van der Waals surface area contributed by atoms with E-state index in [-0.39, 0.29) is 31.7 Å². The number of hydrogen-bond acceptors (Lipinski definition) is 4. The van der Waals surface area contributed by atoms with Gasteiger partial charge in [-0.1, -0.05) is 0 Å². The second-order valence-corrected chi connectivity index (χ2v) is 5.27. The topological polar surface area (TPSA) is 59.5 Å². The fourth-order valence-corrected chi connectivity index (χ4v) is 2.23. The van der Waals surface area contributed by atoms with E-state index in [1.54, 1.807) is 31.5 Å². The summed E-state index contributed by atoms with van der Waals surface area (Å²) in [6.45, 7) is 2.25. The van der Waals surface area contributed by atoms with Gasteiger partial charge in [0, 0.05) is 31.0 Å². The normalized spacial score (nSPS) is 10.4. The zero-order valence-electron chi connectivity index (χ0n) is 13.7. The molecular formula is C18H18F2N2O3. The van der Waals surface area contributed by atoms with Crippen LogP contribution in [0.1, 0.15) is 29.3 Å². The Morgan fingerprint density at radius 3 is 2.48 bits per heavy atom. The summed E-state index contributed by atoms with van der Waals surface area (Å²) in [5, 5.41) is 0. The Kier molecular flexibility index (Phi) is 6.56. The second-order valence-electron chi connectivity index (χ2n) is 5.27. The molecule has 5 nitrogen and oxygen atoms in total. The lowest BCUT2D eigenvalue weighted by Crippen LogP contribution is -2.33. The van der Waals surface area contributed by atoms with E-state index >= 15 is 0 Å². The lowest BCUT2D eigenvalue weighted by Gasteiger charge is -2.22. The Morgan fingerprint density at radius 1 is 1.12 bits per heavy atom. The van der Waals surface area contributed by atoms with Crippen LogP contribution in [-0.2, 0) is 16.1 Å². The largest absolute Gasteiger partial charge is 0.466 e. The number of esters is 1. The third-order valence-corrected chi connectivity index (χ3v) is 3.47. The molecule has 7 heteroatoms. The van der Waals surface area contributed by atoms with Crippen LogP contribution in [-0.4, -0.2) is 34.9 Å². The molecular weight excluding hydrogens is 330 g/mol. The number of halogens is 2. The Bertz CT molecular complexity index is 738. The number of aromatic nitrogens is 1. The maximum absolute atomic E-state index is 13.4. The average Bonchev–Trinajstić information content (AvgIpc) is 2.61. The molecule has 0 fully saturated rings. The zero-order valence-corrected chi connectivity index (χ0v) is 13.7. The van der Waals surface area contributed by atoms with Gasteiger partial charge in [-0.2, -0.15) is 0 Å². The van der Waals surface area contributed by atoms with E-state index in [0.717, 1.165) is 17.7 Å². The van der Waals surface area contributed by atoms with Crippen molar-refractivity contribution >= 4 is 11.9 Å². The quantitative estimate of drug-likeness (QED) is 0.722. The molecule has 1 aromatic carbocycles. The maximum atomic E-state index is 13.4. The van der Waals surface area contributed by atoms with Crippen LogP contribution in [0.15, 0.2) is 42.7 Å². The van der Waals surface area contributed by atoms with Crippen molar-refractivity contribution in [3.05, 3.63) is 65.5 Å². The molecule has 0 aliphatic rings. The number of benzene rings is 1. The van der Waals surface area contributed by atoms with Gasteiger partial charge in [-0.15, -0.1) is 0 Å². The van der Waals surface area contributed by atoms with Crippen LogP contribution >= 0.6 is 0 Å². The molecule has 2 rings (SSSR count). The van der Waals surface area contributed by atoms with E-state index in [1.807, 2.05) is 0 Å². The third kappa shape index (κ3) is 5.34. The first-order valence-corrected chi connectivity index (χ1v) is 7.80. The Morgan fingerprint density at radius 2 is 1.84 bits per heavy atom. The summed E-state index contributed by atoms with van der Waals surface area (Å²) in [6.07, 6.45) is 3.18. The van der Waals surface area contributed by atoms with Crippen LogP contribution in [0, 0.1) is 11.6 Å². The zero-order chi connectivity index (χ0) is 18.2. The van der Waals surface area contributed by atoms with Gasteiger partial charge < -0.3 is 9.64 Å². The molecule has 0 aliphatic carbocycles. The minimum Gasteiger partial charge on any atom is -0.466 e. The van der Waals surface area contributed by atoms with Crippen molar-refractivity contribution in [3.63, 3.8) is 0 Å². The summed E-state index contributed by atoms with van der Waals surface area (Å²) < 4.78 is 31.4. The Labute approximate surface area is 144 Å². The molecule has 0 spiro atoms. The minimum atomic E-state index is -1.10. The summed E-state index contributed by atoms with van der Waals surface area (Å²) >= 11 is 0. The fourth-order valence-electron chi connectivity index (χ4n) is 2.23. The second kappa shape index (κ2) is 8.86. The van der Waals surface area contributed by atoms with Crippen LogP contribution in [0.25, 0.3) is 0 Å². The van der Waals surface area contributed by atoms with E-state index in [9.17, 15) is 18.4 Å². The molecule has 0 atom stereocenters. The number of pyridine rings is 1. The summed E-state index contributed by atoms with van der Waals surface area (Å²) in [5.74, 6) is -3.05. The number of rotatable bonds is 7. The molecule has 0 aliphatic heterocycles. The van der Waals surface area contributed by atoms with Gasteiger partial charge in [-0.05, 0) is 42.8 Å². The fraction of sp³-hybridized carbons (Fsp3) is 0.278. The van der Waals surface area contributed by atoms with Crippen molar-refractivity contribution in [2.75, 3.05) is 13.2 Å². The average molecular weight is 348 g/mol. The number of hydrogen-bond donors (Lipinski definition) is 0. The Hall–Kier alpha value is -2.83. The van der Waals surface area contributed by atoms with E-state index in [0.29, 0.717) is 0 Å². The summed E-state index contributed by atoms with van der Waals surface area (Å²) in [6, 6.07) is 6.43. The van der Waals surface area contributed by atoms with Crippen LogP contribution < -0.4 is 0 Å². The van der Waals surface area contributed by atoms with Crippen LogP contribution in [0.5, 0.6) is 0 Å². The predicted octanol–water partition coefficient (Wildman–Crippen LogP) is 2.96. The SMILES string of the molecule is CCOC(=O)CCN(Cc1ccncc1)C(=O)c1ccc(F)c(F)c1. The summed E-state index contributed by atoms with van der Waals surface area (Å²) in [5.41, 5.74) is 0.812. The molecule has 0 saturated carbocycles. The van der Waals surface area contributed by atoms with Crippen LogP contribution in [0.4, 0.5) is 8.78 Å². The monoisotopic (exact) mass is 348 g/mol. The highest BCUT2D eigenvalue weighted by molar-refractivity contribution is 5.94. The lowest BCUT2D eigenvalue weighted by atomic mass is 10.1. The smallest absolute Gasteiger partial charge is 0.307 e. The maximum Gasteiger partial charge on any atom is 0.307 e. The number of carbonyl (C=O) groups is 2. The highest BCUT2D eigenvalue weighted by Crippen LogP contribution is 2.14. The number of amides is 1. The van der Waals surface area contributed by atoms with Crippen molar-refractivity contribution in [3.8, 4) is 0 Å². The van der Waals surface area contributed by atoms with E-state index < -0.39 is 23.5 Å². The molecule has 1 aromatic heterocycles. The Balaban J connectivity index is 2.18. The van der Waals surface area contributed by atoms with Gasteiger partial charge in [0.2, 0.25) is 0 Å². The molecule has 1 heterocycles. The van der Waals surface area contributed by atoms with Gasteiger partial charge in [0.25, 0.3) is 5.91 Å². The predicted molar refractivity (Wildman–Crippen MR) is 86.6 cm³/mol. The highest BCUT2D eigenvalue weighted by atomic mass is 19.2. The lowest BCUT2D eigenvalue weighted by molar-refractivity contribution is -0.143. The first-order valence-electron chi connectivity index (χ1n) is 7.80. The van der Waals surface area contributed by atoms with Crippen molar-refractivity contribution in [1.82, 2.24) is 9.88 Å². The van der Waals surface area contributed by atoms with Gasteiger partial charge in [-0.25, -0.2) is 8.78 Å². The van der Waals surface area contributed by atoms with Crippen LogP contribution in [0.2, 0.25) is 0 Å². The molecule has 0 bridgehead atoms. The molecule has 0 radical (unpaired) electrons. The first-order chi connectivity index (χ1) is 12.0. The van der Waals surface area contributed by atoms with Crippen molar-refractivity contribution in [1.29, 1.82) is 0 Å². The van der Waals surface area contributed by atoms with Gasteiger partial charge in [0.1, 0.15) is 0 Å². The molecule has 2 aromatic rings. The molecule has 0 saturated heterocycles. The molecule has 0 N–H and O–H groups in total. The van der Waals surface area contributed by atoms with Gasteiger partial charge in [0.15, 0.2) is 11.6 Å². The van der Waals surface area contributed by atoms with Crippen molar-refractivity contribution in [2.45, 2.75) is 19.9 Å². The molecule has 132 valence electrons. The highest BCUT2D eigenvalue weighted by Gasteiger charge is 2.19. The molecule has 25 heavy (non-hydrogen) atoms. The van der Waals surface area contributed by atoms with Crippen molar-refractivity contribution in [2.24, 2.45) is 0 Å². The van der Waals surface area contributed by atoms with Gasteiger partial charge in [-0.3, -0.25) is 14.6 Å². The first kappa shape index (κ1) is 18.5. The van der Waals surface area contributed by atoms with E-state index in [2.05, 4.69) is 4.98 Å². The number of nitrogens with zero attached hydrogens (tertiary/aromatic N) is 2. The van der Waals surface area contributed by atoms with Gasteiger partial charge >= 0.3 is 5.97 Å². The third-order valence-electron chi connectivity index (χ3n) is 3.47.